The van der Waals surface area contributed by atoms with Gasteiger partial charge in [0.1, 0.15) is 0 Å². The highest BCUT2D eigenvalue weighted by molar-refractivity contribution is 6.15. The van der Waals surface area contributed by atoms with E-state index in [4.69, 9.17) is 9.72 Å². The summed E-state index contributed by atoms with van der Waals surface area (Å²) in [5.41, 5.74) is 4.83. The molecule has 27 heavy (non-hydrogen) atoms. The maximum Gasteiger partial charge on any atom is 0.215 e. The molecule has 0 bridgehead atoms. The van der Waals surface area contributed by atoms with E-state index in [2.05, 4.69) is 46.4 Å². The van der Waals surface area contributed by atoms with Gasteiger partial charge in [0.05, 0.1) is 17.6 Å². The van der Waals surface area contributed by atoms with Crippen LogP contribution in [0.2, 0.25) is 0 Å². The third-order valence-corrected chi connectivity index (χ3v) is 4.71. The van der Waals surface area contributed by atoms with Gasteiger partial charge in [-0.15, -0.1) is 0 Å². The van der Waals surface area contributed by atoms with Crippen LogP contribution in [0, 0.1) is 0 Å². The van der Waals surface area contributed by atoms with Crippen LogP contribution in [-0.4, -0.2) is 21.6 Å². The number of pyridine rings is 3. The van der Waals surface area contributed by atoms with E-state index in [1.54, 1.807) is 0 Å². The first-order valence-electron chi connectivity index (χ1n) is 9.01. The van der Waals surface area contributed by atoms with E-state index in [-0.39, 0.29) is 0 Å². The Morgan fingerprint density at radius 3 is 2.44 bits per heavy atom. The van der Waals surface area contributed by atoms with E-state index in [0.29, 0.717) is 18.1 Å². The smallest absolute Gasteiger partial charge is 0.215 e. The number of aromatic nitrogens is 3. The Balaban J connectivity index is 1.92. The van der Waals surface area contributed by atoms with Gasteiger partial charge < -0.3 is 4.74 Å². The van der Waals surface area contributed by atoms with Gasteiger partial charge in [0.2, 0.25) is 5.88 Å². The molecule has 0 saturated carbocycles. The summed E-state index contributed by atoms with van der Waals surface area (Å²) in [7, 11) is 0. The average Bonchev–Trinajstić information content (AvgIpc) is 2.72. The molecule has 0 radical (unpaired) electrons. The van der Waals surface area contributed by atoms with Crippen molar-refractivity contribution in [3.8, 4) is 17.0 Å². The zero-order valence-electron chi connectivity index (χ0n) is 14.9. The molecule has 4 nitrogen and oxygen atoms in total. The zero-order valence-corrected chi connectivity index (χ0v) is 14.9. The van der Waals surface area contributed by atoms with Gasteiger partial charge in [-0.1, -0.05) is 48.5 Å². The van der Waals surface area contributed by atoms with Crippen LogP contribution in [0.5, 0.6) is 5.88 Å². The Bertz CT molecular complexity index is 1280. The topological polar surface area (TPSA) is 47.9 Å². The molecular formula is C23H17N3O. The highest BCUT2D eigenvalue weighted by atomic mass is 16.5. The molecule has 0 fully saturated rings. The summed E-state index contributed by atoms with van der Waals surface area (Å²) in [6.07, 6.45) is 1.88. The van der Waals surface area contributed by atoms with Crippen LogP contribution in [0.25, 0.3) is 44.0 Å². The number of rotatable bonds is 3. The number of benzene rings is 2. The van der Waals surface area contributed by atoms with Crippen molar-refractivity contribution in [2.75, 3.05) is 6.61 Å². The normalized spacial score (nSPS) is 11.3. The fourth-order valence-electron chi connectivity index (χ4n) is 3.54. The highest BCUT2D eigenvalue weighted by Gasteiger charge is 2.14. The van der Waals surface area contributed by atoms with Crippen molar-refractivity contribution in [1.29, 1.82) is 0 Å². The van der Waals surface area contributed by atoms with E-state index in [0.717, 1.165) is 38.3 Å². The molecule has 0 aliphatic heterocycles. The van der Waals surface area contributed by atoms with Crippen LogP contribution in [0.1, 0.15) is 6.92 Å². The summed E-state index contributed by atoms with van der Waals surface area (Å²) in [6, 6.07) is 22.5. The van der Waals surface area contributed by atoms with Crippen LogP contribution in [0.4, 0.5) is 0 Å². The molecular weight excluding hydrogens is 334 g/mol. The quantitative estimate of drug-likeness (QED) is 0.323. The Morgan fingerprint density at radius 2 is 1.59 bits per heavy atom. The van der Waals surface area contributed by atoms with Gasteiger partial charge in [-0.2, -0.15) is 4.98 Å². The van der Waals surface area contributed by atoms with Crippen LogP contribution >= 0.6 is 0 Å². The van der Waals surface area contributed by atoms with E-state index >= 15 is 0 Å². The van der Waals surface area contributed by atoms with E-state index in [9.17, 15) is 0 Å². The van der Waals surface area contributed by atoms with Gasteiger partial charge in [-0.25, -0.2) is 9.97 Å². The largest absolute Gasteiger partial charge is 0.478 e. The minimum Gasteiger partial charge on any atom is -0.478 e. The third-order valence-electron chi connectivity index (χ3n) is 4.71. The second-order valence-corrected chi connectivity index (χ2v) is 6.34. The van der Waals surface area contributed by atoms with Gasteiger partial charge in [0, 0.05) is 34.0 Å². The standard InChI is InChI=1S/C23H17N3O/c1-2-27-20-13-12-17-22-18(14-24-23(17)26-20)21(15-8-4-3-5-9-15)16-10-6-7-11-19(16)25-22/h3-14H,2H2,1H3. The number of ether oxygens (including phenoxy) is 1. The summed E-state index contributed by atoms with van der Waals surface area (Å²) in [5, 5.41) is 3.08. The molecule has 0 atom stereocenters. The minimum atomic E-state index is 0.577. The summed E-state index contributed by atoms with van der Waals surface area (Å²) in [5.74, 6) is 0.584. The Labute approximate surface area is 156 Å². The van der Waals surface area contributed by atoms with Crippen LogP contribution < -0.4 is 4.74 Å². The van der Waals surface area contributed by atoms with Gasteiger partial charge in [-0.05, 0) is 24.6 Å². The van der Waals surface area contributed by atoms with Crippen molar-refractivity contribution < 1.29 is 4.74 Å². The van der Waals surface area contributed by atoms with E-state index in [1.807, 2.05) is 43.5 Å². The van der Waals surface area contributed by atoms with Crippen molar-refractivity contribution >= 4 is 32.8 Å². The average molecular weight is 351 g/mol. The van der Waals surface area contributed by atoms with Crippen molar-refractivity contribution in [2.45, 2.75) is 6.92 Å². The Morgan fingerprint density at radius 1 is 0.778 bits per heavy atom. The Kier molecular flexibility index (Phi) is 3.68. The summed E-state index contributed by atoms with van der Waals surface area (Å²) in [6.45, 7) is 2.52. The summed E-state index contributed by atoms with van der Waals surface area (Å²) in [4.78, 5) is 14.1. The maximum atomic E-state index is 5.52. The second-order valence-electron chi connectivity index (χ2n) is 6.34. The molecule has 130 valence electrons. The number of fused-ring (bicyclic) bond motifs is 4. The predicted octanol–water partition coefficient (Wildman–Crippen LogP) is 5.40. The van der Waals surface area contributed by atoms with Crippen LogP contribution in [0.3, 0.4) is 0 Å². The molecule has 0 unspecified atom stereocenters. The number of nitrogens with zero attached hydrogens (tertiary/aromatic N) is 3. The lowest BCUT2D eigenvalue weighted by molar-refractivity contribution is 0.328. The first-order valence-corrected chi connectivity index (χ1v) is 9.01. The molecule has 0 aliphatic carbocycles. The number of para-hydroxylation sites is 1. The SMILES string of the molecule is CCOc1ccc2c(ncc3c(-c4ccccc4)c4ccccc4nc32)n1. The van der Waals surface area contributed by atoms with E-state index < -0.39 is 0 Å². The van der Waals surface area contributed by atoms with Crippen LogP contribution in [0.15, 0.2) is 72.9 Å². The molecule has 5 rings (SSSR count). The Hall–Kier alpha value is -3.53. The summed E-state index contributed by atoms with van der Waals surface area (Å²) < 4.78 is 5.52. The fourth-order valence-corrected chi connectivity index (χ4v) is 3.54. The molecule has 3 heterocycles. The first kappa shape index (κ1) is 15.7. The van der Waals surface area contributed by atoms with Crippen molar-refractivity contribution in [1.82, 2.24) is 15.0 Å². The van der Waals surface area contributed by atoms with Crippen molar-refractivity contribution in [2.24, 2.45) is 0 Å². The second kappa shape index (κ2) is 6.32. The number of hydrogen-bond donors (Lipinski definition) is 0. The van der Waals surface area contributed by atoms with Crippen LogP contribution in [-0.2, 0) is 0 Å². The highest BCUT2D eigenvalue weighted by Crippen LogP contribution is 2.36. The molecule has 0 saturated heterocycles. The van der Waals surface area contributed by atoms with Gasteiger partial charge in [-0.3, -0.25) is 0 Å². The minimum absolute atomic E-state index is 0.577. The summed E-state index contributed by atoms with van der Waals surface area (Å²) >= 11 is 0. The molecule has 3 aromatic heterocycles. The van der Waals surface area contributed by atoms with Crippen molar-refractivity contribution in [3.05, 3.63) is 72.9 Å². The lowest BCUT2D eigenvalue weighted by Crippen LogP contribution is -1.97. The van der Waals surface area contributed by atoms with E-state index in [1.165, 1.54) is 0 Å². The molecule has 0 aliphatic rings. The maximum absolute atomic E-state index is 5.52. The lowest BCUT2D eigenvalue weighted by atomic mass is 9.96. The van der Waals surface area contributed by atoms with Gasteiger partial charge >= 0.3 is 0 Å². The lowest BCUT2D eigenvalue weighted by Gasteiger charge is -2.12. The van der Waals surface area contributed by atoms with Gasteiger partial charge in [0.25, 0.3) is 0 Å². The molecule has 0 spiro atoms. The third kappa shape index (κ3) is 2.57. The van der Waals surface area contributed by atoms with Gasteiger partial charge in [0.15, 0.2) is 5.65 Å². The first-order chi connectivity index (χ1) is 13.3. The molecule has 4 heteroatoms. The monoisotopic (exact) mass is 351 g/mol. The molecule has 0 N–H and O–H groups in total. The molecule has 2 aromatic carbocycles. The van der Waals surface area contributed by atoms with Crippen molar-refractivity contribution in [3.63, 3.8) is 0 Å². The molecule has 0 amide bonds. The number of hydrogen-bond acceptors (Lipinski definition) is 4. The predicted molar refractivity (Wildman–Crippen MR) is 109 cm³/mol. The zero-order chi connectivity index (χ0) is 18.2. The fraction of sp³-hybridized carbons (Fsp3) is 0.0870. The molecule has 5 aromatic rings.